The molecule has 1 rings (SSSR count). The minimum atomic E-state index is -0.246. The highest BCUT2D eigenvalue weighted by molar-refractivity contribution is 5.85. The number of aliphatic hydroxyl groups excluding tert-OH is 1. The molecule has 0 radical (unpaired) electrons. The maximum atomic E-state index is 8.82. The molecule has 0 saturated carbocycles. The molecule has 0 spiro atoms. The Kier molecular flexibility index (Phi) is 4.99. The molecule has 0 heterocycles. The van der Waals surface area contributed by atoms with Gasteiger partial charge < -0.3 is 10.8 Å². The Labute approximate surface area is 85.2 Å². The molecular formula is C10H16ClNO. The van der Waals surface area contributed by atoms with Crippen molar-refractivity contribution in [3.8, 4) is 0 Å². The minimum absolute atomic E-state index is 0. The van der Waals surface area contributed by atoms with Crippen LogP contribution in [0, 0.1) is 13.8 Å². The zero-order valence-corrected chi connectivity index (χ0v) is 8.77. The van der Waals surface area contributed by atoms with Gasteiger partial charge in [-0.2, -0.15) is 0 Å². The molecule has 0 saturated heterocycles. The van der Waals surface area contributed by atoms with Crippen molar-refractivity contribution in [2.75, 3.05) is 6.61 Å². The smallest absolute Gasteiger partial charge is 0.0624 e. The molecule has 1 atom stereocenters. The largest absolute Gasteiger partial charge is 0.394 e. The van der Waals surface area contributed by atoms with E-state index < -0.39 is 0 Å². The van der Waals surface area contributed by atoms with E-state index in [0.29, 0.717) is 0 Å². The summed E-state index contributed by atoms with van der Waals surface area (Å²) in [5.74, 6) is 0. The number of hydrogen-bond acceptors (Lipinski definition) is 2. The van der Waals surface area contributed by atoms with Gasteiger partial charge in [0.25, 0.3) is 0 Å². The molecule has 3 heteroatoms. The van der Waals surface area contributed by atoms with Crippen LogP contribution in [-0.2, 0) is 0 Å². The van der Waals surface area contributed by atoms with Crippen LogP contribution in [0.2, 0.25) is 0 Å². The average molecular weight is 202 g/mol. The molecule has 0 aliphatic rings. The third-order valence-corrected chi connectivity index (χ3v) is 2.16. The van der Waals surface area contributed by atoms with Crippen molar-refractivity contribution in [3.05, 3.63) is 34.9 Å². The third kappa shape index (κ3) is 2.99. The number of rotatable bonds is 2. The lowest BCUT2D eigenvalue weighted by Gasteiger charge is -2.10. The fourth-order valence-electron chi connectivity index (χ4n) is 1.10. The van der Waals surface area contributed by atoms with E-state index in [1.54, 1.807) is 0 Å². The van der Waals surface area contributed by atoms with E-state index in [9.17, 15) is 0 Å². The van der Waals surface area contributed by atoms with Gasteiger partial charge in [-0.05, 0) is 30.5 Å². The summed E-state index contributed by atoms with van der Waals surface area (Å²) in [5, 5.41) is 8.82. The minimum Gasteiger partial charge on any atom is -0.394 e. The second-order valence-corrected chi connectivity index (χ2v) is 3.13. The number of nitrogens with two attached hydrogens (primary N) is 1. The second-order valence-electron chi connectivity index (χ2n) is 3.13. The lowest BCUT2D eigenvalue weighted by atomic mass is 10.0. The quantitative estimate of drug-likeness (QED) is 0.766. The van der Waals surface area contributed by atoms with Crippen LogP contribution >= 0.6 is 12.4 Å². The molecule has 0 aromatic heterocycles. The van der Waals surface area contributed by atoms with Crippen LogP contribution in [0.4, 0.5) is 0 Å². The van der Waals surface area contributed by atoms with Crippen molar-refractivity contribution < 1.29 is 5.11 Å². The molecule has 1 aromatic rings. The van der Waals surface area contributed by atoms with Gasteiger partial charge in [-0.25, -0.2) is 0 Å². The highest BCUT2D eigenvalue weighted by atomic mass is 35.5. The summed E-state index contributed by atoms with van der Waals surface area (Å²) in [5.41, 5.74) is 9.14. The fourth-order valence-corrected chi connectivity index (χ4v) is 1.10. The van der Waals surface area contributed by atoms with Crippen molar-refractivity contribution >= 4 is 12.4 Å². The summed E-state index contributed by atoms with van der Waals surface area (Å²) in [6.45, 7) is 4.11. The first-order chi connectivity index (χ1) is 5.65. The normalized spacial score (nSPS) is 12.0. The number of halogens is 1. The first-order valence-corrected chi connectivity index (χ1v) is 4.08. The highest BCUT2D eigenvalue weighted by Crippen LogP contribution is 2.14. The van der Waals surface area contributed by atoms with Crippen LogP contribution in [0.3, 0.4) is 0 Å². The molecule has 3 N–H and O–H groups in total. The van der Waals surface area contributed by atoms with Crippen LogP contribution < -0.4 is 5.73 Å². The zero-order chi connectivity index (χ0) is 9.14. The molecule has 1 aromatic carbocycles. The van der Waals surface area contributed by atoms with Gasteiger partial charge in [-0.3, -0.25) is 0 Å². The van der Waals surface area contributed by atoms with E-state index in [4.69, 9.17) is 10.8 Å². The Morgan fingerprint density at radius 3 is 2.38 bits per heavy atom. The summed E-state index contributed by atoms with van der Waals surface area (Å²) in [7, 11) is 0. The lowest BCUT2D eigenvalue weighted by Crippen LogP contribution is -2.14. The third-order valence-electron chi connectivity index (χ3n) is 2.16. The Bertz CT molecular complexity index is 276. The number of aryl methyl sites for hydroxylation is 2. The van der Waals surface area contributed by atoms with Gasteiger partial charge in [-0.1, -0.05) is 18.2 Å². The Morgan fingerprint density at radius 1 is 1.31 bits per heavy atom. The van der Waals surface area contributed by atoms with E-state index in [0.717, 1.165) is 5.56 Å². The average Bonchev–Trinajstić information content (AvgIpc) is 2.08. The van der Waals surface area contributed by atoms with Crippen LogP contribution in [0.25, 0.3) is 0 Å². The first kappa shape index (κ1) is 12.4. The second kappa shape index (κ2) is 5.22. The topological polar surface area (TPSA) is 46.2 Å². The van der Waals surface area contributed by atoms with E-state index in [1.165, 1.54) is 11.1 Å². The predicted octanol–water partition coefficient (Wildman–Crippen LogP) is 1.72. The monoisotopic (exact) mass is 201 g/mol. The molecule has 0 bridgehead atoms. The fraction of sp³-hybridized carbons (Fsp3) is 0.400. The molecule has 0 fully saturated rings. The lowest BCUT2D eigenvalue weighted by molar-refractivity contribution is 0.268. The van der Waals surface area contributed by atoms with Gasteiger partial charge in [-0.15, -0.1) is 12.4 Å². The molecular weight excluding hydrogens is 186 g/mol. The summed E-state index contributed by atoms with van der Waals surface area (Å²) in [6, 6.07) is 5.77. The van der Waals surface area contributed by atoms with E-state index in [2.05, 4.69) is 6.92 Å². The Balaban J connectivity index is 0.00000144. The van der Waals surface area contributed by atoms with Gasteiger partial charge in [0, 0.05) is 0 Å². The van der Waals surface area contributed by atoms with Crippen LogP contribution in [-0.4, -0.2) is 11.7 Å². The van der Waals surface area contributed by atoms with E-state index in [1.807, 2.05) is 25.1 Å². The van der Waals surface area contributed by atoms with Crippen molar-refractivity contribution in [3.63, 3.8) is 0 Å². The Hall–Kier alpha value is -0.570. The zero-order valence-electron chi connectivity index (χ0n) is 7.95. The molecule has 13 heavy (non-hydrogen) atoms. The van der Waals surface area contributed by atoms with Crippen molar-refractivity contribution in [1.29, 1.82) is 0 Å². The maximum absolute atomic E-state index is 8.82. The summed E-state index contributed by atoms with van der Waals surface area (Å²) in [6.07, 6.45) is 0. The Morgan fingerprint density at radius 2 is 1.92 bits per heavy atom. The van der Waals surface area contributed by atoms with Crippen LogP contribution in [0.15, 0.2) is 18.2 Å². The summed E-state index contributed by atoms with van der Waals surface area (Å²) < 4.78 is 0. The molecule has 2 nitrogen and oxygen atoms in total. The van der Waals surface area contributed by atoms with E-state index >= 15 is 0 Å². The molecule has 0 amide bonds. The maximum Gasteiger partial charge on any atom is 0.0624 e. The van der Waals surface area contributed by atoms with Crippen molar-refractivity contribution in [2.45, 2.75) is 19.9 Å². The molecule has 0 aliphatic heterocycles. The summed E-state index contributed by atoms with van der Waals surface area (Å²) in [4.78, 5) is 0. The van der Waals surface area contributed by atoms with Crippen LogP contribution in [0.5, 0.6) is 0 Å². The molecule has 0 aliphatic carbocycles. The number of hydrogen-bond donors (Lipinski definition) is 2. The SMILES string of the molecule is Cc1ccc([C@@H](N)CO)cc1C.Cl. The molecule has 74 valence electrons. The number of benzene rings is 1. The van der Waals surface area contributed by atoms with Gasteiger partial charge in [0.05, 0.1) is 12.6 Å². The van der Waals surface area contributed by atoms with Gasteiger partial charge in [0.15, 0.2) is 0 Å². The number of aliphatic hydroxyl groups is 1. The first-order valence-electron chi connectivity index (χ1n) is 4.08. The summed E-state index contributed by atoms with van der Waals surface area (Å²) >= 11 is 0. The highest BCUT2D eigenvalue weighted by Gasteiger charge is 2.04. The van der Waals surface area contributed by atoms with Crippen molar-refractivity contribution in [1.82, 2.24) is 0 Å². The van der Waals surface area contributed by atoms with Crippen LogP contribution in [0.1, 0.15) is 22.7 Å². The van der Waals surface area contributed by atoms with Gasteiger partial charge >= 0.3 is 0 Å². The predicted molar refractivity (Wildman–Crippen MR) is 57.2 cm³/mol. The standard InChI is InChI=1S/C10H15NO.ClH/c1-7-3-4-9(5-8(7)2)10(11)6-12;/h3-5,10,12H,6,11H2,1-2H3;1H/t10-;/m0./s1. The van der Waals surface area contributed by atoms with E-state index in [-0.39, 0.29) is 25.1 Å². The van der Waals surface area contributed by atoms with Gasteiger partial charge in [0.1, 0.15) is 0 Å². The van der Waals surface area contributed by atoms with Gasteiger partial charge in [0.2, 0.25) is 0 Å². The van der Waals surface area contributed by atoms with Crippen molar-refractivity contribution in [2.24, 2.45) is 5.73 Å². The molecule has 0 unspecified atom stereocenters.